The molecule has 0 unspecified atom stereocenters. The van der Waals surface area contributed by atoms with Crippen LogP contribution in [-0.2, 0) is 14.6 Å². The number of hydrogen-bond acceptors (Lipinski definition) is 6. The second-order valence-electron chi connectivity index (χ2n) is 9.70. The molecule has 2 aliphatic rings. The lowest BCUT2D eigenvalue weighted by Gasteiger charge is -2.36. The average molecular weight is 423 g/mol. The summed E-state index contributed by atoms with van der Waals surface area (Å²) in [7, 11) is -3.42. The van der Waals surface area contributed by atoms with Gasteiger partial charge in [0.1, 0.15) is 4.90 Å². The topological polar surface area (TPSA) is 83.5 Å². The van der Waals surface area contributed by atoms with Gasteiger partial charge in [0, 0.05) is 43.8 Å². The average Bonchev–Trinajstić information content (AvgIpc) is 2.65. The van der Waals surface area contributed by atoms with E-state index in [1.807, 2.05) is 25.7 Å². The van der Waals surface area contributed by atoms with E-state index in [9.17, 15) is 13.2 Å². The Morgan fingerprint density at radius 2 is 1.79 bits per heavy atom. The summed E-state index contributed by atoms with van der Waals surface area (Å²) in [5.41, 5.74) is 0.219. The number of aromatic nitrogens is 2. The Morgan fingerprint density at radius 3 is 2.34 bits per heavy atom. The van der Waals surface area contributed by atoms with Crippen molar-refractivity contribution in [1.82, 2.24) is 14.9 Å². The van der Waals surface area contributed by atoms with Gasteiger partial charge in [-0.2, -0.15) is 0 Å². The van der Waals surface area contributed by atoms with Gasteiger partial charge in [-0.3, -0.25) is 4.79 Å². The summed E-state index contributed by atoms with van der Waals surface area (Å²) in [6.45, 7) is 11.1. The molecule has 2 aliphatic heterocycles. The molecule has 0 spiro atoms. The van der Waals surface area contributed by atoms with Crippen LogP contribution in [-0.4, -0.2) is 61.6 Å². The highest BCUT2D eigenvalue weighted by molar-refractivity contribution is 7.90. The predicted molar refractivity (Wildman–Crippen MR) is 114 cm³/mol. The van der Waals surface area contributed by atoms with Crippen LogP contribution in [0.25, 0.3) is 0 Å². The molecule has 0 N–H and O–H groups in total. The Kier molecular flexibility index (Phi) is 6.22. The Bertz CT molecular complexity index is 855. The number of carbonyl (C=O) groups is 1. The van der Waals surface area contributed by atoms with E-state index in [2.05, 4.69) is 16.8 Å². The van der Waals surface area contributed by atoms with E-state index in [0.29, 0.717) is 30.6 Å². The van der Waals surface area contributed by atoms with E-state index in [0.717, 1.165) is 32.4 Å². The third-order valence-corrected chi connectivity index (χ3v) is 7.03. The van der Waals surface area contributed by atoms with Crippen LogP contribution in [0.15, 0.2) is 11.1 Å². The first-order valence-corrected chi connectivity index (χ1v) is 12.5. The second-order valence-corrected chi connectivity index (χ2v) is 11.7. The van der Waals surface area contributed by atoms with Crippen molar-refractivity contribution in [3.63, 3.8) is 0 Å². The number of rotatable bonds is 3. The maximum absolute atomic E-state index is 12.6. The van der Waals surface area contributed by atoms with Gasteiger partial charge < -0.3 is 9.80 Å². The molecule has 3 rings (SSSR count). The van der Waals surface area contributed by atoms with Crippen LogP contribution in [0.1, 0.15) is 65.0 Å². The van der Waals surface area contributed by atoms with E-state index in [-0.39, 0.29) is 16.7 Å². The highest BCUT2D eigenvalue weighted by atomic mass is 32.2. The van der Waals surface area contributed by atoms with Crippen molar-refractivity contribution in [2.75, 3.05) is 37.3 Å². The largest absolute Gasteiger partial charge is 0.342 e. The van der Waals surface area contributed by atoms with Crippen LogP contribution >= 0.6 is 0 Å². The number of carbonyl (C=O) groups excluding carboxylic acids is 1. The number of piperidine rings is 2. The Hall–Kier alpha value is -1.70. The van der Waals surface area contributed by atoms with Crippen LogP contribution in [0, 0.1) is 11.3 Å². The van der Waals surface area contributed by atoms with Gasteiger partial charge in [-0.1, -0.05) is 27.7 Å². The van der Waals surface area contributed by atoms with Gasteiger partial charge in [0.15, 0.2) is 9.84 Å². The normalized spacial score (nSPS) is 22.0. The predicted octanol–water partition coefficient (Wildman–Crippen LogP) is 2.87. The van der Waals surface area contributed by atoms with Crippen molar-refractivity contribution in [2.45, 2.75) is 64.2 Å². The van der Waals surface area contributed by atoms with Crippen LogP contribution < -0.4 is 4.90 Å². The number of nitrogens with zero attached hydrogens (tertiary/aromatic N) is 4. The van der Waals surface area contributed by atoms with Crippen LogP contribution in [0.5, 0.6) is 0 Å². The molecule has 0 aromatic carbocycles. The molecule has 1 amide bonds. The van der Waals surface area contributed by atoms with Gasteiger partial charge in [0.2, 0.25) is 11.9 Å². The van der Waals surface area contributed by atoms with E-state index < -0.39 is 15.3 Å². The molecule has 0 saturated carbocycles. The molecule has 0 aliphatic carbocycles. The summed E-state index contributed by atoms with van der Waals surface area (Å²) in [6, 6.07) is 0. The van der Waals surface area contributed by atoms with E-state index in [1.54, 1.807) is 0 Å². The van der Waals surface area contributed by atoms with E-state index in [4.69, 9.17) is 4.98 Å². The molecule has 29 heavy (non-hydrogen) atoms. The Morgan fingerprint density at radius 1 is 1.14 bits per heavy atom. The zero-order valence-electron chi connectivity index (χ0n) is 18.3. The Balaban J connectivity index is 1.85. The van der Waals surface area contributed by atoms with E-state index in [1.165, 1.54) is 18.9 Å². The number of likely N-dealkylation sites (tertiary alicyclic amines) is 1. The first kappa shape index (κ1) is 22.0. The van der Waals surface area contributed by atoms with Gasteiger partial charge in [-0.15, -0.1) is 0 Å². The van der Waals surface area contributed by atoms with Crippen molar-refractivity contribution >= 4 is 21.7 Å². The summed E-state index contributed by atoms with van der Waals surface area (Å²) >= 11 is 0. The molecular formula is C21H34N4O3S. The van der Waals surface area contributed by atoms with Crippen molar-refractivity contribution < 1.29 is 13.2 Å². The minimum atomic E-state index is -3.42. The highest BCUT2D eigenvalue weighted by Crippen LogP contribution is 2.33. The fourth-order valence-electron chi connectivity index (χ4n) is 4.31. The lowest BCUT2D eigenvalue weighted by Crippen LogP contribution is -2.44. The summed E-state index contributed by atoms with van der Waals surface area (Å²) in [5.74, 6) is 1.38. The third-order valence-electron chi connectivity index (χ3n) is 5.92. The Labute approximate surface area is 174 Å². The SMILES string of the molecule is C[C@@H]1CCCN(c2ncc(S(C)(=O)=O)c(C3CCN(C(=O)C(C)(C)C)CC3)n2)C1. The lowest BCUT2D eigenvalue weighted by atomic mass is 9.89. The zero-order chi connectivity index (χ0) is 21.4. The molecule has 1 aromatic heterocycles. The quantitative estimate of drug-likeness (QED) is 0.745. The second kappa shape index (κ2) is 8.20. The van der Waals surface area contributed by atoms with Crippen LogP contribution in [0.2, 0.25) is 0 Å². The fourth-order valence-corrected chi connectivity index (χ4v) is 5.14. The number of amides is 1. The number of anilines is 1. The van der Waals surface area contributed by atoms with Crippen LogP contribution in [0.3, 0.4) is 0 Å². The monoisotopic (exact) mass is 422 g/mol. The van der Waals surface area contributed by atoms with Gasteiger partial charge in [-0.05, 0) is 31.6 Å². The van der Waals surface area contributed by atoms with Crippen LogP contribution in [0.4, 0.5) is 5.95 Å². The smallest absolute Gasteiger partial charge is 0.227 e. The van der Waals surface area contributed by atoms with Gasteiger partial charge in [0.05, 0.1) is 11.9 Å². The van der Waals surface area contributed by atoms with Gasteiger partial charge in [0.25, 0.3) is 0 Å². The number of sulfone groups is 1. The first-order chi connectivity index (χ1) is 13.5. The van der Waals surface area contributed by atoms with Crippen molar-refractivity contribution in [3.05, 3.63) is 11.9 Å². The molecule has 1 aromatic rings. The van der Waals surface area contributed by atoms with E-state index >= 15 is 0 Å². The van der Waals surface area contributed by atoms with Crippen molar-refractivity contribution in [2.24, 2.45) is 11.3 Å². The summed E-state index contributed by atoms with van der Waals surface area (Å²) in [4.78, 5) is 26.0. The molecule has 2 saturated heterocycles. The molecule has 0 bridgehead atoms. The maximum atomic E-state index is 12.6. The van der Waals surface area contributed by atoms with Gasteiger partial charge in [-0.25, -0.2) is 18.4 Å². The molecule has 162 valence electrons. The number of hydrogen-bond donors (Lipinski definition) is 0. The first-order valence-electron chi connectivity index (χ1n) is 10.6. The highest BCUT2D eigenvalue weighted by Gasteiger charge is 2.33. The zero-order valence-corrected chi connectivity index (χ0v) is 19.1. The summed E-state index contributed by atoms with van der Waals surface area (Å²) in [5, 5.41) is 0. The lowest BCUT2D eigenvalue weighted by molar-refractivity contribution is -0.140. The minimum Gasteiger partial charge on any atom is -0.342 e. The molecular weight excluding hydrogens is 388 g/mol. The molecule has 0 radical (unpaired) electrons. The molecule has 1 atom stereocenters. The summed E-state index contributed by atoms with van der Waals surface area (Å²) in [6.07, 6.45) is 6.44. The molecule has 2 fully saturated rings. The summed E-state index contributed by atoms with van der Waals surface area (Å²) < 4.78 is 24.8. The van der Waals surface area contributed by atoms with Crippen molar-refractivity contribution in [1.29, 1.82) is 0 Å². The molecule has 3 heterocycles. The third kappa shape index (κ3) is 5.08. The maximum Gasteiger partial charge on any atom is 0.227 e. The minimum absolute atomic E-state index is 0.0210. The fraction of sp³-hybridized carbons (Fsp3) is 0.762. The van der Waals surface area contributed by atoms with Crippen molar-refractivity contribution in [3.8, 4) is 0 Å². The standard InChI is InChI=1S/C21H34N4O3S/c1-15-7-6-10-25(14-15)20-22-13-17(29(5,27)28)18(23-20)16-8-11-24(12-9-16)19(26)21(2,3)4/h13,15-16H,6-12,14H2,1-5H3/t15-/m1/s1. The molecule has 7 nitrogen and oxygen atoms in total. The molecule has 8 heteroatoms. The van der Waals surface area contributed by atoms with Gasteiger partial charge >= 0.3 is 0 Å².